The van der Waals surface area contributed by atoms with Crippen LogP contribution in [0.1, 0.15) is 39.3 Å². The molecule has 0 aliphatic heterocycles. The molecule has 0 radical (unpaired) electrons. The zero-order valence-corrected chi connectivity index (χ0v) is 18.1. The highest BCUT2D eigenvalue weighted by Crippen LogP contribution is 2.31. The third-order valence-corrected chi connectivity index (χ3v) is 6.10. The van der Waals surface area contributed by atoms with E-state index in [-0.39, 0.29) is 11.9 Å². The number of carbonyl (C=O) groups is 1. The van der Waals surface area contributed by atoms with Crippen LogP contribution in [0.5, 0.6) is 0 Å². The number of carbonyl (C=O) groups excluding carboxylic acids is 1. The Morgan fingerprint density at radius 2 is 1.90 bits per heavy atom. The number of amides is 1. The second-order valence-electron chi connectivity index (χ2n) is 7.36. The van der Waals surface area contributed by atoms with Crippen LogP contribution >= 0.6 is 11.3 Å². The van der Waals surface area contributed by atoms with E-state index in [0.717, 1.165) is 38.2 Å². The van der Waals surface area contributed by atoms with Crippen LogP contribution in [0, 0.1) is 6.92 Å². The van der Waals surface area contributed by atoms with Crippen LogP contribution in [0.4, 0.5) is 0 Å². The zero-order valence-electron chi connectivity index (χ0n) is 17.3. The summed E-state index contributed by atoms with van der Waals surface area (Å²) in [6.45, 7) is 4.56. The first-order valence-electron chi connectivity index (χ1n) is 9.89. The molecular formula is C25H24N2O2S. The number of methoxy groups -OCH3 is 1. The van der Waals surface area contributed by atoms with Crippen LogP contribution in [-0.2, 0) is 11.3 Å². The molecule has 5 heteroatoms. The molecule has 1 atom stereocenters. The molecule has 4 aromatic rings. The summed E-state index contributed by atoms with van der Waals surface area (Å²) in [4.78, 5) is 18.9. The van der Waals surface area contributed by atoms with Crippen LogP contribution in [0.3, 0.4) is 0 Å². The van der Waals surface area contributed by atoms with Crippen LogP contribution in [0.2, 0.25) is 0 Å². The van der Waals surface area contributed by atoms with E-state index in [9.17, 15) is 4.79 Å². The van der Waals surface area contributed by atoms with E-state index >= 15 is 0 Å². The molecule has 4 nitrogen and oxygen atoms in total. The fourth-order valence-electron chi connectivity index (χ4n) is 3.62. The van der Waals surface area contributed by atoms with Gasteiger partial charge in [-0.05, 0) is 49.2 Å². The van der Waals surface area contributed by atoms with E-state index in [1.807, 2.05) is 56.3 Å². The summed E-state index contributed by atoms with van der Waals surface area (Å²) in [5.74, 6) is -0.0686. The quantitative estimate of drug-likeness (QED) is 0.425. The SMILES string of the molecule is COCc1cc(-c2cc(C(C)NC(=O)c3ccccc3C)c3ccccc3n2)cs1. The molecule has 1 N–H and O–H groups in total. The Balaban J connectivity index is 1.71. The summed E-state index contributed by atoms with van der Waals surface area (Å²) in [7, 11) is 1.70. The minimum absolute atomic E-state index is 0.0686. The monoisotopic (exact) mass is 416 g/mol. The number of aryl methyl sites for hydroxylation is 1. The van der Waals surface area contributed by atoms with Crippen molar-refractivity contribution in [3.05, 3.63) is 87.6 Å². The average molecular weight is 417 g/mol. The van der Waals surface area contributed by atoms with Gasteiger partial charge in [-0.15, -0.1) is 11.3 Å². The largest absolute Gasteiger partial charge is 0.379 e. The van der Waals surface area contributed by atoms with Crippen molar-refractivity contribution in [1.29, 1.82) is 0 Å². The number of aromatic nitrogens is 1. The predicted molar refractivity (Wildman–Crippen MR) is 123 cm³/mol. The summed E-state index contributed by atoms with van der Waals surface area (Å²) in [5.41, 5.74) is 5.60. The Hall–Kier alpha value is -3.02. The standard InChI is InChI=1S/C25H24N2O2S/c1-16-8-4-5-9-20(16)25(28)26-17(2)22-13-24(18-12-19(14-29-3)30-15-18)27-23-11-7-6-10-21(22)23/h4-13,15,17H,14H2,1-3H3,(H,26,28). The van der Waals surface area contributed by atoms with Crippen molar-refractivity contribution >= 4 is 28.1 Å². The van der Waals surface area contributed by atoms with Crippen molar-refractivity contribution < 1.29 is 9.53 Å². The van der Waals surface area contributed by atoms with Crippen LogP contribution < -0.4 is 5.32 Å². The maximum atomic E-state index is 12.9. The van der Waals surface area contributed by atoms with Crippen molar-refractivity contribution in [3.63, 3.8) is 0 Å². The van der Waals surface area contributed by atoms with Crippen LogP contribution in [-0.4, -0.2) is 18.0 Å². The second-order valence-corrected chi connectivity index (χ2v) is 8.35. The molecule has 4 rings (SSSR count). The first-order valence-corrected chi connectivity index (χ1v) is 10.8. The Labute approximate surface area is 180 Å². The number of para-hydroxylation sites is 1. The van der Waals surface area contributed by atoms with Gasteiger partial charge in [-0.3, -0.25) is 4.79 Å². The van der Waals surface area contributed by atoms with E-state index in [4.69, 9.17) is 9.72 Å². The van der Waals surface area contributed by atoms with Crippen molar-refractivity contribution in [3.8, 4) is 11.3 Å². The lowest BCUT2D eigenvalue weighted by molar-refractivity contribution is 0.0939. The lowest BCUT2D eigenvalue weighted by Crippen LogP contribution is -2.27. The maximum Gasteiger partial charge on any atom is 0.252 e. The summed E-state index contributed by atoms with van der Waals surface area (Å²) in [5, 5.41) is 6.32. The summed E-state index contributed by atoms with van der Waals surface area (Å²) < 4.78 is 5.25. The number of rotatable bonds is 6. The van der Waals surface area contributed by atoms with Crippen molar-refractivity contribution in [2.75, 3.05) is 7.11 Å². The van der Waals surface area contributed by atoms with Gasteiger partial charge < -0.3 is 10.1 Å². The van der Waals surface area contributed by atoms with E-state index in [1.165, 1.54) is 0 Å². The van der Waals surface area contributed by atoms with Gasteiger partial charge in [0.15, 0.2) is 0 Å². The normalized spacial score (nSPS) is 12.1. The highest BCUT2D eigenvalue weighted by Gasteiger charge is 2.17. The lowest BCUT2D eigenvalue weighted by Gasteiger charge is -2.18. The Kier molecular flexibility index (Phi) is 5.93. The van der Waals surface area contributed by atoms with Gasteiger partial charge >= 0.3 is 0 Å². The number of thiophene rings is 1. The number of hydrogen-bond donors (Lipinski definition) is 1. The van der Waals surface area contributed by atoms with Gasteiger partial charge in [0.05, 0.1) is 23.9 Å². The first kappa shape index (κ1) is 20.3. The molecule has 0 saturated carbocycles. The number of pyridine rings is 1. The topological polar surface area (TPSA) is 51.2 Å². The van der Waals surface area contributed by atoms with E-state index in [1.54, 1.807) is 18.4 Å². The van der Waals surface area contributed by atoms with Gasteiger partial charge in [-0.2, -0.15) is 0 Å². The Bertz CT molecular complexity index is 1200. The third kappa shape index (κ3) is 4.13. The molecule has 1 amide bonds. The fraction of sp³-hybridized carbons (Fsp3) is 0.200. The van der Waals surface area contributed by atoms with Crippen molar-refractivity contribution in [2.45, 2.75) is 26.5 Å². The van der Waals surface area contributed by atoms with Gasteiger partial charge in [-0.25, -0.2) is 4.98 Å². The highest BCUT2D eigenvalue weighted by atomic mass is 32.1. The van der Waals surface area contributed by atoms with E-state index in [2.05, 4.69) is 28.9 Å². The maximum absolute atomic E-state index is 12.9. The molecule has 1 unspecified atom stereocenters. The predicted octanol–water partition coefficient (Wildman–Crippen LogP) is 5.91. The molecule has 0 aliphatic carbocycles. The van der Waals surface area contributed by atoms with Gasteiger partial charge in [-0.1, -0.05) is 36.4 Å². The number of nitrogens with one attached hydrogen (secondary N) is 1. The second kappa shape index (κ2) is 8.78. The number of nitrogens with zero attached hydrogens (tertiary/aromatic N) is 1. The number of ether oxygens (including phenoxy) is 1. The molecule has 2 heterocycles. The first-order chi connectivity index (χ1) is 14.6. The minimum atomic E-state index is -0.166. The minimum Gasteiger partial charge on any atom is -0.379 e. The summed E-state index contributed by atoms with van der Waals surface area (Å²) >= 11 is 1.66. The van der Waals surface area contributed by atoms with Crippen LogP contribution in [0.15, 0.2) is 66.0 Å². The Morgan fingerprint density at radius 1 is 1.13 bits per heavy atom. The number of benzene rings is 2. The smallest absolute Gasteiger partial charge is 0.252 e. The molecule has 0 saturated heterocycles. The van der Waals surface area contributed by atoms with E-state index in [0.29, 0.717) is 12.2 Å². The van der Waals surface area contributed by atoms with Crippen LogP contribution in [0.25, 0.3) is 22.2 Å². The van der Waals surface area contributed by atoms with Gasteiger partial charge in [0.2, 0.25) is 0 Å². The fourth-order valence-corrected chi connectivity index (χ4v) is 4.47. The molecule has 152 valence electrons. The van der Waals surface area contributed by atoms with Crippen molar-refractivity contribution in [1.82, 2.24) is 10.3 Å². The Morgan fingerprint density at radius 3 is 2.70 bits per heavy atom. The molecule has 0 spiro atoms. The average Bonchev–Trinajstić information content (AvgIpc) is 3.22. The number of hydrogen-bond acceptors (Lipinski definition) is 4. The molecule has 0 fully saturated rings. The molecular weight excluding hydrogens is 392 g/mol. The molecule has 0 aliphatic rings. The number of fused-ring (bicyclic) bond motifs is 1. The molecule has 2 aromatic heterocycles. The third-order valence-electron chi connectivity index (χ3n) is 5.19. The molecule has 2 aromatic carbocycles. The van der Waals surface area contributed by atoms with Crippen molar-refractivity contribution in [2.24, 2.45) is 0 Å². The lowest BCUT2D eigenvalue weighted by atomic mass is 9.99. The zero-order chi connectivity index (χ0) is 21.1. The van der Waals surface area contributed by atoms with Gasteiger partial charge in [0, 0.05) is 33.9 Å². The summed E-state index contributed by atoms with van der Waals surface area (Å²) in [6.07, 6.45) is 0. The molecule has 30 heavy (non-hydrogen) atoms. The highest BCUT2D eigenvalue weighted by molar-refractivity contribution is 7.10. The van der Waals surface area contributed by atoms with Gasteiger partial charge in [0.25, 0.3) is 5.91 Å². The van der Waals surface area contributed by atoms with Gasteiger partial charge in [0.1, 0.15) is 0 Å². The molecule has 0 bridgehead atoms. The van der Waals surface area contributed by atoms with E-state index < -0.39 is 0 Å². The summed E-state index contributed by atoms with van der Waals surface area (Å²) in [6, 6.07) is 19.7.